The van der Waals surface area contributed by atoms with E-state index in [2.05, 4.69) is 47.4 Å². The summed E-state index contributed by atoms with van der Waals surface area (Å²) in [6, 6.07) is 15.3. The Morgan fingerprint density at radius 3 is 2.08 bits per heavy atom. The number of guanidine groups is 1. The molecule has 7 amide bonds. The third-order valence-electron chi connectivity index (χ3n) is 15.9. The van der Waals surface area contributed by atoms with Crippen molar-refractivity contribution >= 4 is 94.7 Å². The van der Waals surface area contributed by atoms with Crippen molar-refractivity contribution < 1.29 is 67.4 Å². The van der Waals surface area contributed by atoms with Gasteiger partial charge in [0.05, 0.1) is 60.7 Å². The van der Waals surface area contributed by atoms with E-state index in [1.165, 1.54) is 4.57 Å². The van der Waals surface area contributed by atoms with E-state index in [1.54, 1.807) is 87.6 Å². The second-order valence-electron chi connectivity index (χ2n) is 24.4. The Hall–Kier alpha value is -10.3. The second-order valence-corrected chi connectivity index (χ2v) is 24.4. The van der Waals surface area contributed by atoms with Crippen LogP contribution in [0.3, 0.4) is 0 Å². The molecule has 3 aliphatic rings. The number of fused-ring (bicyclic) bond motifs is 5. The fourth-order valence-electron chi connectivity index (χ4n) is 11.0. The molecular formula is C65H79ClN14O15. The van der Waals surface area contributed by atoms with Crippen molar-refractivity contribution in [2.45, 2.75) is 154 Å². The van der Waals surface area contributed by atoms with Crippen LogP contribution in [0.1, 0.15) is 113 Å². The SMILES string of the molecule is CC[C@@]1(OC(=O)[C@@H](NC(=O)[C@@H](N)CC(=O)NCc2ccc(C[C@@H]3NC(=O)[C@H](Cc4ccccc4)NC(=O)[C@H](CC(=O)O)NC(=O)CNC(=O)[C@H](CCCN=C(N)N)NC3=O)cc2)C(C)C)C(=O)OCc2c1cc1n(c2=O)Cc2c-1nc1ccccc1c2/C=N/OC(C)(C)C.Cl. The molecule has 8 rings (SSSR count). The third kappa shape index (κ3) is 18.1. The predicted molar refractivity (Wildman–Crippen MR) is 348 cm³/mol. The van der Waals surface area contributed by atoms with Gasteiger partial charge in [-0.2, -0.15) is 0 Å². The summed E-state index contributed by atoms with van der Waals surface area (Å²) in [6.07, 6.45) is -0.170. The maximum atomic E-state index is 14.5. The maximum Gasteiger partial charge on any atom is 0.355 e. The molecule has 5 aromatic rings. The second kappa shape index (κ2) is 31.6. The van der Waals surface area contributed by atoms with Crippen LogP contribution in [0.2, 0.25) is 0 Å². The molecule has 5 heterocycles. The molecule has 3 aromatic carbocycles. The molecule has 3 aliphatic heterocycles. The number of pyridine rings is 2. The van der Waals surface area contributed by atoms with Crippen LogP contribution in [0.5, 0.6) is 0 Å². The molecule has 29 nitrogen and oxygen atoms in total. The topological polar surface area (TPSA) is 440 Å². The number of cyclic esters (lactones) is 1. The number of ether oxygens (including phenoxy) is 2. The van der Waals surface area contributed by atoms with E-state index >= 15 is 0 Å². The maximum absolute atomic E-state index is 14.5. The summed E-state index contributed by atoms with van der Waals surface area (Å²) in [7, 11) is 0. The molecule has 0 bridgehead atoms. The number of oxime groups is 1. The number of nitrogens with one attached hydrogen (secondary N) is 7. The summed E-state index contributed by atoms with van der Waals surface area (Å²) >= 11 is 0. The van der Waals surface area contributed by atoms with Crippen LogP contribution in [0.15, 0.2) is 99.9 Å². The minimum atomic E-state index is -2.13. The van der Waals surface area contributed by atoms with Crippen molar-refractivity contribution in [1.82, 2.24) is 46.8 Å². The highest BCUT2D eigenvalue weighted by Gasteiger charge is 2.52. The van der Waals surface area contributed by atoms with Crippen LogP contribution in [-0.4, -0.2) is 141 Å². The van der Waals surface area contributed by atoms with Gasteiger partial charge in [0.15, 0.2) is 5.96 Å². The van der Waals surface area contributed by atoms with Gasteiger partial charge in [0.1, 0.15) is 42.4 Å². The number of benzene rings is 3. The number of esters is 2. The molecule has 7 atom stereocenters. The molecule has 2 aromatic heterocycles. The first-order valence-electron chi connectivity index (χ1n) is 30.7. The van der Waals surface area contributed by atoms with Crippen molar-refractivity contribution in [1.29, 1.82) is 0 Å². The van der Waals surface area contributed by atoms with E-state index in [4.69, 9.17) is 36.5 Å². The zero-order valence-corrected chi connectivity index (χ0v) is 54.1. The first kappa shape index (κ1) is 72.1. The van der Waals surface area contributed by atoms with E-state index < -0.39 is 144 Å². The Kier molecular flexibility index (Phi) is 24.0. The molecule has 0 saturated carbocycles. The smallest absolute Gasteiger partial charge is 0.355 e. The van der Waals surface area contributed by atoms with Crippen molar-refractivity contribution in [2.24, 2.45) is 33.3 Å². The molecule has 0 spiro atoms. The van der Waals surface area contributed by atoms with Gasteiger partial charge in [-0.1, -0.05) is 98.7 Å². The number of hydrogen-bond donors (Lipinski definition) is 11. The molecule has 1 saturated heterocycles. The number of carboxylic acids is 1. The van der Waals surface area contributed by atoms with Gasteiger partial charge < -0.3 is 78.4 Å². The average Bonchev–Trinajstić information content (AvgIpc) is 1.64. The molecule has 506 valence electrons. The number of aromatic nitrogens is 2. The van der Waals surface area contributed by atoms with Crippen molar-refractivity contribution in [2.75, 3.05) is 13.1 Å². The number of carbonyl (C=O) groups excluding carboxylic acids is 9. The first-order valence-corrected chi connectivity index (χ1v) is 30.7. The van der Waals surface area contributed by atoms with Gasteiger partial charge in [-0.3, -0.25) is 48.1 Å². The Morgan fingerprint density at radius 2 is 1.45 bits per heavy atom. The Balaban J connectivity index is 0.0000128. The number of hydrogen-bond acceptors (Lipinski definition) is 18. The Labute approximate surface area is 552 Å². The molecule has 0 radical (unpaired) electrons. The quantitative estimate of drug-likeness (QED) is 0.0147. The summed E-state index contributed by atoms with van der Waals surface area (Å²) in [6.45, 7) is 9.41. The lowest BCUT2D eigenvalue weighted by Gasteiger charge is -2.37. The summed E-state index contributed by atoms with van der Waals surface area (Å²) in [5.74, 6) is -10.3. The molecule has 30 heteroatoms. The summed E-state index contributed by atoms with van der Waals surface area (Å²) in [5.41, 5.74) is 18.6. The summed E-state index contributed by atoms with van der Waals surface area (Å²) in [5, 5.41) is 32.6. The van der Waals surface area contributed by atoms with Crippen LogP contribution in [0.4, 0.5) is 0 Å². The third-order valence-corrected chi connectivity index (χ3v) is 15.9. The number of aliphatic carboxylic acids is 1. The number of nitrogens with zero attached hydrogens (tertiary/aromatic N) is 4. The molecular weight excluding hydrogens is 1250 g/mol. The van der Waals surface area contributed by atoms with Gasteiger partial charge in [-0.05, 0) is 74.8 Å². The fraction of sp³-hybridized carbons (Fsp3) is 0.415. The number of amides is 7. The molecule has 95 heavy (non-hydrogen) atoms. The van der Waals surface area contributed by atoms with Gasteiger partial charge in [0.2, 0.25) is 47.0 Å². The first-order chi connectivity index (χ1) is 44.6. The number of para-hydroxylation sites is 1. The van der Waals surface area contributed by atoms with Crippen LogP contribution < -0.4 is 60.0 Å². The zero-order chi connectivity index (χ0) is 68.2. The lowest BCUT2D eigenvalue weighted by Crippen LogP contribution is -2.58. The van der Waals surface area contributed by atoms with Crippen molar-refractivity contribution in [3.8, 4) is 11.4 Å². The van der Waals surface area contributed by atoms with Gasteiger partial charge in [-0.25, -0.2) is 14.6 Å². The predicted octanol–water partition coefficient (Wildman–Crippen LogP) is 0.758. The van der Waals surface area contributed by atoms with Crippen LogP contribution in [-0.2, 0) is 100 Å². The Bertz CT molecular complexity index is 3870. The van der Waals surface area contributed by atoms with Crippen molar-refractivity contribution in [3.63, 3.8) is 0 Å². The number of carbonyl (C=O) groups is 10. The summed E-state index contributed by atoms with van der Waals surface area (Å²) in [4.78, 5) is 165. The van der Waals surface area contributed by atoms with Crippen molar-refractivity contribution in [3.05, 3.63) is 134 Å². The lowest BCUT2D eigenvalue weighted by molar-refractivity contribution is -0.191. The lowest BCUT2D eigenvalue weighted by atomic mass is 9.85. The number of nitrogens with two attached hydrogens (primary N) is 3. The normalized spacial score (nSPS) is 19.6. The van der Waals surface area contributed by atoms with E-state index in [9.17, 15) is 57.8 Å². The molecule has 1 fully saturated rings. The zero-order valence-electron chi connectivity index (χ0n) is 53.3. The highest BCUT2D eigenvalue weighted by atomic mass is 35.5. The fourth-order valence-corrected chi connectivity index (χ4v) is 11.0. The molecule has 0 aliphatic carbocycles. The van der Waals surface area contributed by atoms with Crippen LogP contribution in [0, 0.1) is 5.92 Å². The van der Waals surface area contributed by atoms with E-state index in [-0.39, 0.29) is 81.2 Å². The average molecular weight is 1330 g/mol. The number of rotatable bonds is 22. The van der Waals surface area contributed by atoms with Gasteiger partial charge in [0.25, 0.3) is 5.56 Å². The largest absolute Gasteiger partial charge is 0.481 e. The van der Waals surface area contributed by atoms with E-state index in [1.807, 2.05) is 45.0 Å². The highest BCUT2D eigenvalue weighted by Crippen LogP contribution is 2.42. The number of carboxylic acid groups (broad SMARTS) is 1. The standard InChI is InChI=1S/C65H78N14O15.ClH/c1-7-65(42-26-49-54-40(32-79(49)60(89)41(42)33-92-62(65)91)39(30-72-94-64(4,5)6)38-16-11-12-17-44(38)74-54)93-61(90)53(34(2)3)78-55(84)43(66)27-50(80)70-29-37-21-19-36(20-22-37)25-47-57(86)75-45(18-13-23-69-63(67)68)56(85)71-31-51(81)73-48(28-52(82)83)59(88)77-46(58(87)76-47)24-35-14-9-8-10-15-35;/h8-12,14-17,19-22,26,30,34,43,45-48,53H,7,13,18,23-25,27-29,31-33,66H2,1-6H3,(H,70,80)(H,71,85)(H,73,81)(H,75,86)(H,76,87)(H,77,88)(H,78,84)(H,82,83)(H4,67,68,69);1H/b72-30+;/t43-,45-,46-,47-,48-,53-,65-;/m0./s1. The van der Waals surface area contributed by atoms with Gasteiger partial charge in [0, 0.05) is 48.0 Å². The number of halogens is 1. The van der Waals surface area contributed by atoms with E-state index in [0.29, 0.717) is 44.7 Å². The van der Waals surface area contributed by atoms with Gasteiger partial charge in [-0.15, -0.1) is 12.4 Å². The minimum Gasteiger partial charge on any atom is -0.481 e. The van der Waals surface area contributed by atoms with Crippen LogP contribution in [0.25, 0.3) is 22.3 Å². The minimum absolute atomic E-state index is 0. The number of aliphatic imine (C=N–C) groups is 1. The Morgan fingerprint density at radius 1 is 0.832 bits per heavy atom. The molecule has 14 N–H and O–H groups in total. The van der Waals surface area contributed by atoms with Crippen LogP contribution >= 0.6 is 12.4 Å². The van der Waals surface area contributed by atoms with E-state index in [0.717, 1.165) is 5.39 Å². The molecule has 0 unspecified atom stereocenters. The summed E-state index contributed by atoms with van der Waals surface area (Å²) < 4.78 is 13.2. The monoisotopic (exact) mass is 1330 g/mol. The van der Waals surface area contributed by atoms with Gasteiger partial charge >= 0.3 is 17.9 Å². The highest BCUT2D eigenvalue weighted by molar-refractivity contribution is 6.03.